The third kappa shape index (κ3) is 5.95. The number of hydrogen-bond donors (Lipinski definition) is 2. The highest BCUT2D eigenvalue weighted by atomic mass is 16.6. The Kier molecular flexibility index (Phi) is 6.77. The number of carbonyl (C=O) groups excluding carboxylic acids is 1. The molecule has 0 aromatic carbocycles. The summed E-state index contributed by atoms with van der Waals surface area (Å²) in [5.41, 5.74) is 3.15. The molecule has 0 bridgehead atoms. The Labute approximate surface area is 138 Å². The van der Waals surface area contributed by atoms with Gasteiger partial charge in [0.1, 0.15) is 5.60 Å². The van der Waals surface area contributed by atoms with Gasteiger partial charge in [0.25, 0.3) is 0 Å². The molecule has 1 atom stereocenters. The van der Waals surface area contributed by atoms with Crippen LogP contribution in [0.1, 0.15) is 52.9 Å². The van der Waals surface area contributed by atoms with Crippen molar-refractivity contribution < 1.29 is 24.2 Å². The smallest absolute Gasteiger partial charge is 0.338 e. The summed E-state index contributed by atoms with van der Waals surface area (Å²) in [6.45, 7) is 9.20. The van der Waals surface area contributed by atoms with Gasteiger partial charge in [-0.3, -0.25) is 0 Å². The number of nitrogens with two attached hydrogens (primary N) is 1. The van der Waals surface area contributed by atoms with Gasteiger partial charge in [0.2, 0.25) is 5.54 Å². The first-order valence-corrected chi connectivity index (χ1v) is 8.06. The first kappa shape index (κ1) is 19.6. The number of aliphatic carboxylic acids is 1. The molecule has 0 unspecified atom stereocenters. The lowest BCUT2D eigenvalue weighted by Gasteiger charge is -2.34. The second-order valence-corrected chi connectivity index (χ2v) is 7.25. The number of carboxylic acids is 1. The molecule has 0 aliphatic heterocycles. The van der Waals surface area contributed by atoms with E-state index in [2.05, 4.69) is 6.58 Å². The lowest BCUT2D eigenvalue weighted by molar-refractivity contribution is -0.170. The van der Waals surface area contributed by atoms with Crippen LogP contribution < -0.4 is 5.73 Å². The highest BCUT2D eigenvalue weighted by Gasteiger charge is 2.47. The molecule has 0 spiro atoms. The molecule has 0 aromatic rings. The van der Waals surface area contributed by atoms with Gasteiger partial charge in [0.15, 0.2) is 0 Å². The van der Waals surface area contributed by atoms with Crippen molar-refractivity contribution in [2.24, 2.45) is 11.7 Å². The minimum Gasteiger partial charge on any atom is -0.479 e. The first-order valence-electron chi connectivity index (χ1n) is 8.06. The molecule has 6 heteroatoms. The summed E-state index contributed by atoms with van der Waals surface area (Å²) < 4.78 is 10.8. The number of rotatable bonds is 7. The fourth-order valence-corrected chi connectivity index (χ4v) is 2.79. The van der Waals surface area contributed by atoms with E-state index >= 15 is 0 Å². The predicted molar refractivity (Wildman–Crippen MR) is 86.9 cm³/mol. The van der Waals surface area contributed by atoms with Gasteiger partial charge in [-0.15, -0.1) is 6.58 Å². The van der Waals surface area contributed by atoms with E-state index in [1.165, 1.54) is 0 Å². The average molecular weight is 327 g/mol. The highest BCUT2D eigenvalue weighted by Crippen LogP contribution is 2.32. The summed E-state index contributed by atoms with van der Waals surface area (Å²) in [5, 5.41) is 9.44. The molecule has 132 valence electrons. The number of carboxylic acid groups (broad SMARTS) is 1. The molecular weight excluding hydrogens is 298 g/mol. The average Bonchev–Trinajstić information content (AvgIpc) is 2.44. The molecule has 1 aliphatic carbocycles. The Morgan fingerprint density at radius 3 is 2.26 bits per heavy atom. The van der Waals surface area contributed by atoms with Gasteiger partial charge in [-0.05, 0) is 58.8 Å². The van der Waals surface area contributed by atoms with E-state index in [0.29, 0.717) is 6.61 Å². The maximum atomic E-state index is 12.2. The SMILES string of the molecule is C=CCOC1CCC(C[C@](N)(C(=O)O)C(=O)OC(C)(C)C)CC1. The molecule has 0 aromatic heterocycles. The van der Waals surface area contributed by atoms with Crippen molar-refractivity contribution >= 4 is 11.9 Å². The lowest BCUT2D eigenvalue weighted by Crippen LogP contribution is -2.58. The normalized spacial score (nSPS) is 24.5. The molecular formula is C17H29NO5. The second kappa shape index (κ2) is 7.93. The predicted octanol–water partition coefficient (Wildman–Crippen LogP) is 2.26. The van der Waals surface area contributed by atoms with E-state index in [1.807, 2.05) is 0 Å². The van der Waals surface area contributed by atoms with Crippen molar-refractivity contribution in [1.82, 2.24) is 0 Å². The van der Waals surface area contributed by atoms with Crippen molar-refractivity contribution in [3.8, 4) is 0 Å². The Morgan fingerprint density at radius 1 is 1.26 bits per heavy atom. The highest BCUT2D eigenvalue weighted by molar-refractivity contribution is 6.03. The topological polar surface area (TPSA) is 98.9 Å². The van der Waals surface area contributed by atoms with Crippen molar-refractivity contribution in [1.29, 1.82) is 0 Å². The van der Waals surface area contributed by atoms with E-state index in [0.717, 1.165) is 25.7 Å². The van der Waals surface area contributed by atoms with Gasteiger partial charge in [-0.25, -0.2) is 9.59 Å². The summed E-state index contributed by atoms with van der Waals surface area (Å²) in [6, 6.07) is 0. The van der Waals surface area contributed by atoms with Gasteiger partial charge >= 0.3 is 11.9 Å². The zero-order valence-electron chi connectivity index (χ0n) is 14.3. The van der Waals surface area contributed by atoms with Crippen LogP contribution in [-0.4, -0.2) is 40.9 Å². The van der Waals surface area contributed by atoms with Crippen LogP contribution in [0.25, 0.3) is 0 Å². The molecule has 0 saturated heterocycles. The summed E-state index contributed by atoms with van der Waals surface area (Å²) >= 11 is 0. The maximum absolute atomic E-state index is 12.2. The van der Waals surface area contributed by atoms with Crippen molar-refractivity contribution in [2.75, 3.05) is 6.61 Å². The Balaban J connectivity index is 2.65. The number of carbonyl (C=O) groups is 2. The van der Waals surface area contributed by atoms with Gasteiger partial charge in [-0.2, -0.15) is 0 Å². The summed E-state index contributed by atoms with van der Waals surface area (Å²) in [7, 11) is 0. The van der Waals surface area contributed by atoms with Gasteiger partial charge < -0.3 is 20.3 Å². The fourth-order valence-electron chi connectivity index (χ4n) is 2.79. The quantitative estimate of drug-likeness (QED) is 0.423. The fraction of sp³-hybridized carbons (Fsp3) is 0.765. The van der Waals surface area contributed by atoms with Gasteiger partial charge in [0.05, 0.1) is 12.7 Å². The molecule has 0 amide bonds. The van der Waals surface area contributed by atoms with Crippen LogP contribution in [0.5, 0.6) is 0 Å². The van der Waals surface area contributed by atoms with Crippen LogP contribution in [0.2, 0.25) is 0 Å². The van der Waals surface area contributed by atoms with Crippen molar-refractivity contribution in [2.45, 2.75) is 70.1 Å². The molecule has 23 heavy (non-hydrogen) atoms. The largest absolute Gasteiger partial charge is 0.479 e. The monoisotopic (exact) mass is 327 g/mol. The van der Waals surface area contributed by atoms with E-state index in [-0.39, 0.29) is 18.4 Å². The molecule has 3 N–H and O–H groups in total. The summed E-state index contributed by atoms with van der Waals surface area (Å²) in [5.74, 6) is -2.13. The second-order valence-electron chi connectivity index (χ2n) is 7.25. The lowest BCUT2D eigenvalue weighted by atomic mass is 9.78. The summed E-state index contributed by atoms with van der Waals surface area (Å²) in [6.07, 6.45) is 5.22. The van der Waals surface area contributed by atoms with E-state index in [9.17, 15) is 14.7 Å². The van der Waals surface area contributed by atoms with Crippen molar-refractivity contribution in [3.05, 3.63) is 12.7 Å². The first-order chi connectivity index (χ1) is 10.6. The molecule has 1 rings (SSSR count). The van der Waals surface area contributed by atoms with Gasteiger partial charge in [-0.1, -0.05) is 6.08 Å². The maximum Gasteiger partial charge on any atom is 0.338 e. The number of esters is 1. The zero-order chi connectivity index (χ0) is 17.7. The third-order valence-corrected chi connectivity index (χ3v) is 4.00. The third-order valence-electron chi connectivity index (χ3n) is 4.00. The Hall–Kier alpha value is -1.40. The van der Waals surface area contributed by atoms with Crippen LogP contribution in [0.4, 0.5) is 0 Å². The molecule has 0 radical (unpaired) electrons. The minimum absolute atomic E-state index is 0.0761. The Morgan fingerprint density at radius 2 is 1.83 bits per heavy atom. The van der Waals surface area contributed by atoms with Crippen LogP contribution >= 0.6 is 0 Å². The zero-order valence-corrected chi connectivity index (χ0v) is 14.3. The Bertz CT molecular complexity index is 435. The minimum atomic E-state index is -1.99. The number of ether oxygens (including phenoxy) is 2. The molecule has 1 saturated carbocycles. The molecule has 1 aliphatic rings. The van der Waals surface area contributed by atoms with Crippen LogP contribution in [0.3, 0.4) is 0 Å². The van der Waals surface area contributed by atoms with E-state index in [4.69, 9.17) is 15.2 Å². The van der Waals surface area contributed by atoms with Crippen LogP contribution in [-0.2, 0) is 19.1 Å². The van der Waals surface area contributed by atoms with E-state index < -0.39 is 23.1 Å². The molecule has 1 fully saturated rings. The summed E-state index contributed by atoms with van der Waals surface area (Å²) in [4.78, 5) is 23.8. The van der Waals surface area contributed by atoms with E-state index in [1.54, 1.807) is 26.8 Å². The van der Waals surface area contributed by atoms with Crippen LogP contribution in [0.15, 0.2) is 12.7 Å². The molecule has 0 heterocycles. The van der Waals surface area contributed by atoms with Crippen molar-refractivity contribution in [3.63, 3.8) is 0 Å². The number of hydrogen-bond acceptors (Lipinski definition) is 5. The standard InChI is InChI=1S/C17H29NO5/c1-5-10-22-13-8-6-12(7-9-13)11-17(18,14(19)20)15(21)23-16(2,3)4/h5,12-13H,1,6-11,18H2,2-4H3,(H,19,20)/t12?,13?,17-/m0/s1. The molecule has 6 nitrogen and oxygen atoms in total. The van der Waals surface area contributed by atoms with Gasteiger partial charge in [0, 0.05) is 0 Å². The van der Waals surface area contributed by atoms with Crippen LogP contribution in [0, 0.1) is 5.92 Å².